The molecule has 0 aliphatic rings. The third kappa shape index (κ3) is 8.37. The molecule has 0 saturated heterocycles. The molecule has 2 amide bonds. The monoisotopic (exact) mass is 601 g/mol. The molecule has 11 heteroatoms. The number of carbonyl (C=O) groups excluding carboxylic acids is 2. The van der Waals surface area contributed by atoms with Crippen molar-refractivity contribution in [2.45, 2.75) is 38.3 Å². The summed E-state index contributed by atoms with van der Waals surface area (Å²) in [5.41, 5.74) is 0.999. The van der Waals surface area contributed by atoms with Crippen LogP contribution < -0.4 is 19.1 Å². The van der Waals surface area contributed by atoms with E-state index in [1.165, 1.54) is 48.4 Å². The van der Waals surface area contributed by atoms with Gasteiger partial charge in [-0.15, -0.1) is 0 Å². The van der Waals surface area contributed by atoms with E-state index < -0.39 is 28.5 Å². The molecule has 9 nitrogen and oxygen atoms in total. The molecule has 0 bridgehead atoms. The minimum atomic E-state index is -4.20. The van der Waals surface area contributed by atoms with Crippen molar-refractivity contribution in [3.63, 3.8) is 0 Å². The van der Waals surface area contributed by atoms with Crippen LogP contribution >= 0.6 is 11.6 Å². The summed E-state index contributed by atoms with van der Waals surface area (Å²) >= 11 is 6.07. The van der Waals surface area contributed by atoms with Gasteiger partial charge in [0.25, 0.3) is 10.0 Å². The number of sulfonamides is 1. The quantitative estimate of drug-likeness (QED) is 0.303. The van der Waals surface area contributed by atoms with Crippen LogP contribution in [0.15, 0.2) is 77.7 Å². The number of methoxy groups -OCH3 is 2. The SMILES string of the molecule is COc1ccc(CN(C(=O)CN(c2ccc(Cl)cc2)S(=O)(=O)c2ccc(OC)cc2)[C@@H](C)C(=O)NCC(C)C)cc1. The summed E-state index contributed by atoms with van der Waals surface area (Å²) in [6, 6.07) is 18.3. The smallest absolute Gasteiger partial charge is 0.264 e. The predicted octanol–water partition coefficient (Wildman–Crippen LogP) is 4.74. The van der Waals surface area contributed by atoms with E-state index in [-0.39, 0.29) is 29.0 Å². The van der Waals surface area contributed by atoms with E-state index in [1.54, 1.807) is 50.4 Å². The van der Waals surface area contributed by atoms with Crippen molar-refractivity contribution >= 4 is 39.1 Å². The van der Waals surface area contributed by atoms with Crippen molar-refractivity contribution in [1.29, 1.82) is 0 Å². The number of amides is 2. The number of halogens is 1. The van der Waals surface area contributed by atoms with Gasteiger partial charge in [-0.25, -0.2) is 8.42 Å². The van der Waals surface area contributed by atoms with E-state index in [2.05, 4.69) is 5.32 Å². The second-order valence-corrected chi connectivity index (χ2v) is 12.1. The molecule has 0 fully saturated rings. The number of ether oxygens (including phenoxy) is 2. The first-order chi connectivity index (χ1) is 19.5. The minimum Gasteiger partial charge on any atom is -0.497 e. The normalized spacial score (nSPS) is 12.0. The van der Waals surface area contributed by atoms with Crippen LogP contribution in [0.1, 0.15) is 26.3 Å². The largest absolute Gasteiger partial charge is 0.497 e. The van der Waals surface area contributed by atoms with Gasteiger partial charge in [0.1, 0.15) is 24.1 Å². The Morgan fingerprint density at radius 3 is 1.90 bits per heavy atom. The first kappa shape index (κ1) is 31.8. The van der Waals surface area contributed by atoms with Gasteiger partial charge in [0.2, 0.25) is 11.8 Å². The molecule has 0 aliphatic carbocycles. The molecule has 0 heterocycles. The third-order valence-corrected chi connectivity index (χ3v) is 8.44. The first-order valence-corrected chi connectivity index (χ1v) is 14.9. The van der Waals surface area contributed by atoms with Crippen LogP contribution in [0.2, 0.25) is 5.02 Å². The standard InChI is InChI=1S/C30H36ClN3O6S/c1-21(2)18-32-30(36)22(3)33(19-23-6-12-26(39-4)13-7-23)29(35)20-34(25-10-8-24(31)9-11-25)41(37,38)28-16-14-27(40-5)15-17-28/h6-17,21-22H,18-20H2,1-5H3,(H,32,36)/t22-/m0/s1. The molecule has 0 saturated carbocycles. The Morgan fingerprint density at radius 1 is 0.854 bits per heavy atom. The van der Waals surface area contributed by atoms with Gasteiger partial charge in [-0.1, -0.05) is 37.6 Å². The van der Waals surface area contributed by atoms with Crippen LogP contribution in [0.25, 0.3) is 0 Å². The van der Waals surface area contributed by atoms with Crippen LogP contribution in [0.5, 0.6) is 11.5 Å². The van der Waals surface area contributed by atoms with E-state index in [1.807, 2.05) is 13.8 Å². The molecule has 3 aromatic rings. The molecule has 3 aromatic carbocycles. The number of anilines is 1. The topological polar surface area (TPSA) is 105 Å². The molecule has 1 N–H and O–H groups in total. The lowest BCUT2D eigenvalue weighted by Crippen LogP contribution is -2.51. The number of benzene rings is 3. The summed E-state index contributed by atoms with van der Waals surface area (Å²) < 4.78 is 39.2. The van der Waals surface area contributed by atoms with Crippen LogP contribution in [0.4, 0.5) is 5.69 Å². The van der Waals surface area contributed by atoms with E-state index in [4.69, 9.17) is 21.1 Å². The van der Waals surface area contributed by atoms with Gasteiger partial charge in [0.15, 0.2) is 0 Å². The molecule has 41 heavy (non-hydrogen) atoms. The average Bonchev–Trinajstić information content (AvgIpc) is 2.97. The Labute approximate surface area is 247 Å². The third-order valence-electron chi connectivity index (χ3n) is 6.40. The molecular weight excluding hydrogens is 566 g/mol. The van der Waals surface area contributed by atoms with E-state index >= 15 is 0 Å². The van der Waals surface area contributed by atoms with Crippen molar-refractivity contribution in [2.75, 3.05) is 31.6 Å². The van der Waals surface area contributed by atoms with Crippen molar-refractivity contribution in [2.24, 2.45) is 5.92 Å². The Balaban J connectivity index is 2.00. The second-order valence-electron chi connectivity index (χ2n) is 9.85. The lowest BCUT2D eigenvalue weighted by Gasteiger charge is -2.32. The molecule has 220 valence electrons. The molecule has 1 atom stereocenters. The lowest BCUT2D eigenvalue weighted by molar-refractivity contribution is -0.139. The molecule has 0 radical (unpaired) electrons. The fourth-order valence-electron chi connectivity index (χ4n) is 3.97. The zero-order chi connectivity index (χ0) is 30.2. The Hall–Kier alpha value is -3.76. The molecule has 0 aliphatic heterocycles. The molecule has 3 rings (SSSR count). The Kier molecular flexibility index (Phi) is 11.0. The average molecular weight is 602 g/mol. The van der Waals surface area contributed by atoms with E-state index in [0.29, 0.717) is 23.1 Å². The van der Waals surface area contributed by atoms with Crippen LogP contribution in [-0.2, 0) is 26.2 Å². The maximum atomic E-state index is 14.0. The number of hydrogen-bond donors (Lipinski definition) is 1. The summed E-state index contributed by atoms with van der Waals surface area (Å²) in [4.78, 5) is 28.4. The summed E-state index contributed by atoms with van der Waals surface area (Å²) in [5, 5.41) is 3.28. The predicted molar refractivity (Wildman–Crippen MR) is 160 cm³/mol. The van der Waals surface area contributed by atoms with Gasteiger partial charge in [0, 0.05) is 18.1 Å². The van der Waals surface area contributed by atoms with Crippen molar-refractivity contribution in [1.82, 2.24) is 10.2 Å². The Bertz CT molecular complexity index is 1410. The summed E-state index contributed by atoms with van der Waals surface area (Å²) in [6.45, 7) is 5.54. The maximum Gasteiger partial charge on any atom is 0.264 e. The Morgan fingerprint density at radius 2 is 1.39 bits per heavy atom. The van der Waals surface area contributed by atoms with Gasteiger partial charge in [0.05, 0.1) is 24.8 Å². The number of rotatable bonds is 13. The highest BCUT2D eigenvalue weighted by atomic mass is 35.5. The molecule has 0 unspecified atom stereocenters. The summed E-state index contributed by atoms with van der Waals surface area (Å²) in [7, 11) is -1.16. The summed E-state index contributed by atoms with van der Waals surface area (Å²) in [5.74, 6) is 0.461. The minimum absolute atomic E-state index is 0.0227. The van der Waals surface area contributed by atoms with Gasteiger partial charge in [-0.05, 0) is 79.1 Å². The zero-order valence-corrected chi connectivity index (χ0v) is 25.4. The first-order valence-electron chi connectivity index (χ1n) is 13.1. The molecular formula is C30H36ClN3O6S. The molecule has 0 spiro atoms. The van der Waals surface area contributed by atoms with Crippen molar-refractivity contribution in [3.05, 3.63) is 83.4 Å². The van der Waals surface area contributed by atoms with Gasteiger partial charge in [-0.3, -0.25) is 13.9 Å². The number of nitrogens with one attached hydrogen (secondary N) is 1. The summed E-state index contributed by atoms with van der Waals surface area (Å²) in [6.07, 6.45) is 0. The number of hydrogen-bond acceptors (Lipinski definition) is 6. The van der Waals surface area contributed by atoms with Gasteiger partial charge in [-0.2, -0.15) is 0 Å². The fraction of sp³-hybridized carbons (Fsp3) is 0.333. The highest BCUT2D eigenvalue weighted by Crippen LogP contribution is 2.27. The number of nitrogens with zero attached hydrogens (tertiary/aromatic N) is 2. The highest BCUT2D eigenvalue weighted by molar-refractivity contribution is 7.92. The lowest BCUT2D eigenvalue weighted by atomic mass is 10.1. The highest BCUT2D eigenvalue weighted by Gasteiger charge is 2.32. The second kappa shape index (κ2) is 14.2. The number of carbonyl (C=O) groups is 2. The van der Waals surface area contributed by atoms with Gasteiger partial charge >= 0.3 is 0 Å². The van der Waals surface area contributed by atoms with Gasteiger partial charge < -0.3 is 19.7 Å². The van der Waals surface area contributed by atoms with Crippen LogP contribution in [0.3, 0.4) is 0 Å². The fourth-order valence-corrected chi connectivity index (χ4v) is 5.51. The van der Waals surface area contributed by atoms with Crippen LogP contribution in [-0.4, -0.2) is 58.5 Å². The van der Waals surface area contributed by atoms with Crippen LogP contribution in [0, 0.1) is 5.92 Å². The maximum absolute atomic E-state index is 14.0. The van der Waals surface area contributed by atoms with E-state index in [9.17, 15) is 18.0 Å². The molecule has 0 aromatic heterocycles. The van der Waals surface area contributed by atoms with Crippen molar-refractivity contribution in [3.8, 4) is 11.5 Å². The zero-order valence-electron chi connectivity index (χ0n) is 23.8. The van der Waals surface area contributed by atoms with E-state index in [0.717, 1.165) is 9.87 Å². The van der Waals surface area contributed by atoms with Crippen molar-refractivity contribution < 1.29 is 27.5 Å².